The van der Waals surface area contributed by atoms with Crippen LogP contribution in [0.15, 0.2) is 12.4 Å². The first-order valence-electron chi connectivity index (χ1n) is 7.55. The normalized spacial score (nSPS) is 15.9. The molecule has 1 aliphatic rings. The lowest BCUT2D eigenvalue weighted by molar-refractivity contribution is -0.123. The summed E-state index contributed by atoms with van der Waals surface area (Å²) in [6.07, 6.45) is 3.11. The highest BCUT2D eigenvalue weighted by atomic mass is 16.2. The number of hydrogen-bond donors (Lipinski definition) is 1. The number of hydrogen-bond acceptors (Lipinski definition) is 5. The smallest absolute Gasteiger partial charge is 0.274 e. The van der Waals surface area contributed by atoms with Crippen LogP contribution in [0.25, 0.3) is 0 Å². The fraction of sp³-hybridized carbons (Fsp3) is 0.600. The summed E-state index contributed by atoms with van der Waals surface area (Å²) in [5, 5.41) is 2.88. The molecule has 0 saturated carbocycles. The Bertz CT molecular complexity index is 521. The van der Waals surface area contributed by atoms with Crippen molar-refractivity contribution in [2.24, 2.45) is 0 Å². The van der Waals surface area contributed by atoms with Gasteiger partial charge in [0.15, 0.2) is 0 Å². The van der Waals surface area contributed by atoms with Crippen molar-refractivity contribution in [2.45, 2.75) is 26.8 Å². The van der Waals surface area contributed by atoms with Crippen molar-refractivity contribution in [2.75, 3.05) is 32.7 Å². The van der Waals surface area contributed by atoms with Crippen LogP contribution < -0.4 is 5.32 Å². The summed E-state index contributed by atoms with van der Waals surface area (Å²) in [5.74, 6) is -0.0713. The second-order valence-electron chi connectivity index (χ2n) is 5.83. The van der Waals surface area contributed by atoms with E-state index in [0.29, 0.717) is 38.4 Å². The fourth-order valence-corrected chi connectivity index (χ4v) is 2.34. The zero-order valence-corrected chi connectivity index (χ0v) is 13.4. The van der Waals surface area contributed by atoms with Crippen molar-refractivity contribution < 1.29 is 9.59 Å². The lowest BCUT2D eigenvalue weighted by Crippen LogP contribution is -2.51. The second-order valence-corrected chi connectivity index (χ2v) is 5.83. The predicted molar refractivity (Wildman–Crippen MR) is 82.4 cm³/mol. The number of aryl methyl sites for hydroxylation is 1. The number of carbonyl (C=O) groups excluding carboxylic acids is 2. The highest BCUT2D eigenvalue weighted by Crippen LogP contribution is 2.06. The highest BCUT2D eigenvalue weighted by Gasteiger charge is 2.24. The van der Waals surface area contributed by atoms with E-state index in [4.69, 9.17) is 0 Å². The van der Waals surface area contributed by atoms with Gasteiger partial charge in [-0.2, -0.15) is 0 Å². The Hall–Kier alpha value is -2.02. The largest absolute Gasteiger partial charge is 0.353 e. The van der Waals surface area contributed by atoms with Crippen LogP contribution in [-0.4, -0.2) is 70.3 Å². The molecular formula is C15H23N5O2. The van der Waals surface area contributed by atoms with Crippen molar-refractivity contribution in [3.63, 3.8) is 0 Å². The molecule has 0 aromatic carbocycles. The Balaban J connectivity index is 1.83. The van der Waals surface area contributed by atoms with Gasteiger partial charge in [0.2, 0.25) is 5.91 Å². The number of nitrogens with zero attached hydrogens (tertiary/aromatic N) is 4. The molecule has 0 unspecified atom stereocenters. The van der Waals surface area contributed by atoms with Crippen molar-refractivity contribution in [3.05, 3.63) is 23.8 Å². The summed E-state index contributed by atoms with van der Waals surface area (Å²) in [6.45, 7) is 8.68. The minimum absolute atomic E-state index is 0.0270. The summed E-state index contributed by atoms with van der Waals surface area (Å²) < 4.78 is 0. The first-order chi connectivity index (χ1) is 10.5. The minimum Gasteiger partial charge on any atom is -0.353 e. The second kappa shape index (κ2) is 7.31. The van der Waals surface area contributed by atoms with E-state index in [-0.39, 0.29) is 17.9 Å². The summed E-state index contributed by atoms with van der Waals surface area (Å²) >= 11 is 0. The molecule has 7 nitrogen and oxygen atoms in total. The van der Waals surface area contributed by atoms with Gasteiger partial charge >= 0.3 is 0 Å². The maximum absolute atomic E-state index is 12.3. The molecule has 1 saturated heterocycles. The molecule has 1 aromatic heterocycles. The monoisotopic (exact) mass is 305 g/mol. The average Bonchev–Trinajstić information content (AvgIpc) is 2.47. The first-order valence-corrected chi connectivity index (χ1v) is 7.55. The van der Waals surface area contributed by atoms with Crippen LogP contribution in [0.5, 0.6) is 0 Å². The van der Waals surface area contributed by atoms with Gasteiger partial charge in [0, 0.05) is 38.4 Å². The molecule has 0 spiro atoms. The van der Waals surface area contributed by atoms with Crippen molar-refractivity contribution >= 4 is 11.8 Å². The van der Waals surface area contributed by atoms with Crippen LogP contribution in [0.4, 0.5) is 0 Å². The molecule has 1 N–H and O–H groups in total. The van der Waals surface area contributed by atoms with E-state index < -0.39 is 0 Å². The van der Waals surface area contributed by atoms with Gasteiger partial charge in [0.1, 0.15) is 5.69 Å². The van der Waals surface area contributed by atoms with Crippen LogP contribution in [-0.2, 0) is 4.79 Å². The number of amides is 2. The zero-order chi connectivity index (χ0) is 16.1. The molecule has 0 bridgehead atoms. The molecule has 22 heavy (non-hydrogen) atoms. The molecule has 0 radical (unpaired) electrons. The Morgan fingerprint density at radius 1 is 1.18 bits per heavy atom. The lowest BCUT2D eigenvalue weighted by atomic mass is 10.2. The molecule has 7 heteroatoms. The standard InChI is InChI=1S/C15H23N5O2/c1-11(2)18-14(21)10-19-4-6-20(7-5-19)15(22)13-9-16-12(3)8-17-13/h8-9,11H,4-7,10H2,1-3H3,(H,18,21). The van der Waals surface area contributed by atoms with E-state index >= 15 is 0 Å². The van der Waals surface area contributed by atoms with E-state index in [9.17, 15) is 9.59 Å². The Morgan fingerprint density at radius 2 is 1.86 bits per heavy atom. The third-order valence-corrected chi connectivity index (χ3v) is 3.48. The molecule has 0 aliphatic carbocycles. The zero-order valence-electron chi connectivity index (χ0n) is 13.4. The third-order valence-electron chi connectivity index (χ3n) is 3.48. The van der Waals surface area contributed by atoms with Crippen LogP contribution in [0.2, 0.25) is 0 Å². The summed E-state index contributed by atoms with van der Waals surface area (Å²) in [4.78, 5) is 36.1. The first kappa shape index (κ1) is 16.4. The fourth-order valence-electron chi connectivity index (χ4n) is 2.34. The van der Waals surface area contributed by atoms with Gasteiger partial charge in [-0.3, -0.25) is 19.5 Å². The molecule has 1 aliphatic heterocycles. The van der Waals surface area contributed by atoms with E-state index in [2.05, 4.69) is 20.2 Å². The molecule has 1 fully saturated rings. The maximum Gasteiger partial charge on any atom is 0.274 e. The molecule has 2 heterocycles. The topological polar surface area (TPSA) is 78.4 Å². The van der Waals surface area contributed by atoms with E-state index in [1.165, 1.54) is 6.20 Å². The average molecular weight is 305 g/mol. The van der Waals surface area contributed by atoms with Gasteiger partial charge in [-0.25, -0.2) is 4.98 Å². The van der Waals surface area contributed by atoms with Crippen LogP contribution in [0, 0.1) is 6.92 Å². The van der Waals surface area contributed by atoms with Gasteiger partial charge in [-0.05, 0) is 20.8 Å². The third kappa shape index (κ3) is 4.49. The van der Waals surface area contributed by atoms with Crippen molar-refractivity contribution in [1.82, 2.24) is 25.1 Å². The Kier molecular flexibility index (Phi) is 5.43. The molecule has 120 valence electrons. The quantitative estimate of drug-likeness (QED) is 0.851. The van der Waals surface area contributed by atoms with Crippen LogP contribution in [0.3, 0.4) is 0 Å². The van der Waals surface area contributed by atoms with E-state index in [1.54, 1.807) is 11.1 Å². The molecule has 2 amide bonds. The number of rotatable bonds is 4. The minimum atomic E-state index is -0.0984. The maximum atomic E-state index is 12.3. The number of aromatic nitrogens is 2. The van der Waals surface area contributed by atoms with Crippen LogP contribution >= 0.6 is 0 Å². The van der Waals surface area contributed by atoms with Crippen molar-refractivity contribution in [1.29, 1.82) is 0 Å². The Labute approximate surface area is 130 Å². The van der Waals surface area contributed by atoms with Crippen LogP contribution in [0.1, 0.15) is 30.0 Å². The lowest BCUT2D eigenvalue weighted by Gasteiger charge is -2.34. The molecule has 0 atom stereocenters. The summed E-state index contributed by atoms with van der Waals surface area (Å²) in [5.41, 5.74) is 1.16. The SMILES string of the molecule is Cc1cnc(C(=O)N2CCN(CC(=O)NC(C)C)CC2)cn1. The van der Waals surface area contributed by atoms with Crippen molar-refractivity contribution in [3.8, 4) is 0 Å². The predicted octanol–water partition coefficient (Wildman–Crippen LogP) is 0.0674. The van der Waals surface area contributed by atoms with Gasteiger partial charge in [0.05, 0.1) is 18.4 Å². The van der Waals surface area contributed by atoms with Gasteiger partial charge in [-0.1, -0.05) is 0 Å². The molecule has 1 aromatic rings. The highest BCUT2D eigenvalue weighted by molar-refractivity contribution is 5.92. The number of piperazine rings is 1. The molecular weight excluding hydrogens is 282 g/mol. The van der Waals surface area contributed by atoms with E-state index in [1.807, 2.05) is 20.8 Å². The number of nitrogens with one attached hydrogen (secondary N) is 1. The molecule has 2 rings (SSSR count). The summed E-state index contributed by atoms with van der Waals surface area (Å²) in [6, 6.07) is 0.149. The van der Waals surface area contributed by atoms with Gasteiger partial charge < -0.3 is 10.2 Å². The van der Waals surface area contributed by atoms with E-state index in [0.717, 1.165) is 5.69 Å². The Morgan fingerprint density at radius 3 is 2.41 bits per heavy atom. The van der Waals surface area contributed by atoms with Gasteiger partial charge in [-0.15, -0.1) is 0 Å². The summed E-state index contributed by atoms with van der Waals surface area (Å²) in [7, 11) is 0. The number of carbonyl (C=O) groups is 2. The van der Waals surface area contributed by atoms with Gasteiger partial charge in [0.25, 0.3) is 5.91 Å².